The number of hydrogen-bond acceptors (Lipinski definition) is 3. The summed E-state index contributed by atoms with van der Waals surface area (Å²) in [5, 5.41) is 9.01. The first-order chi connectivity index (χ1) is 8.56. The van der Waals surface area contributed by atoms with Crippen molar-refractivity contribution in [2.45, 2.75) is 51.2 Å². The molecule has 102 valence electrons. The number of hydrogen-bond donors (Lipinski definition) is 1. The molecule has 3 fully saturated rings. The molecule has 0 bridgehead atoms. The summed E-state index contributed by atoms with van der Waals surface area (Å²) in [6.07, 6.45) is 4.04. The topological polar surface area (TPSA) is 43.8 Å². The van der Waals surface area contributed by atoms with E-state index in [2.05, 4.69) is 16.7 Å². The number of rotatable bonds is 4. The minimum absolute atomic E-state index is 0.181. The Kier molecular flexibility index (Phi) is 3.10. The quantitative estimate of drug-likeness (QED) is 0.818. The number of carboxylic acids is 1. The van der Waals surface area contributed by atoms with Gasteiger partial charge >= 0.3 is 5.97 Å². The van der Waals surface area contributed by atoms with Crippen LogP contribution in [-0.2, 0) is 4.79 Å². The number of carboxylic acid groups (broad SMARTS) is 1. The number of nitrogens with zero attached hydrogens (tertiary/aromatic N) is 2. The zero-order valence-electron chi connectivity index (χ0n) is 11.4. The minimum atomic E-state index is -0.640. The highest BCUT2D eigenvalue weighted by atomic mass is 16.4. The molecule has 4 heteroatoms. The van der Waals surface area contributed by atoms with Gasteiger partial charge in [0.1, 0.15) is 0 Å². The van der Waals surface area contributed by atoms with Crippen molar-refractivity contribution >= 4 is 5.97 Å². The van der Waals surface area contributed by atoms with Gasteiger partial charge in [-0.25, -0.2) is 0 Å². The first-order valence-corrected chi connectivity index (χ1v) is 7.29. The van der Waals surface area contributed by atoms with Crippen molar-refractivity contribution in [1.29, 1.82) is 0 Å². The molecule has 2 aliphatic heterocycles. The van der Waals surface area contributed by atoms with Crippen LogP contribution >= 0.6 is 0 Å². The Bertz CT molecular complexity index is 337. The van der Waals surface area contributed by atoms with E-state index in [1.165, 1.54) is 25.8 Å². The predicted molar refractivity (Wildman–Crippen MR) is 69.5 cm³/mol. The van der Waals surface area contributed by atoms with E-state index in [0.717, 1.165) is 25.2 Å². The summed E-state index contributed by atoms with van der Waals surface area (Å²) in [6, 6.07) is 2.26. The van der Waals surface area contributed by atoms with Crippen LogP contribution in [0.15, 0.2) is 0 Å². The molecule has 0 spiro atoms. The number of aliphatic carboxylic acids is 1. The van der Waals surface area contributed by atoms with Gasteiger partial charge < -0.3 is 5.11 Å². The maximum absolute atomic E-state index is 10.9. The highest BCUT2D eigenvalue weighted by Gasteiger charge is 2.44. The van der Waals surface area contributed by atoms with Gasteiger partial charge in [-0.1, -0.05) is 6.92 Å². The maximum atomic E-state index is 10.9. The van der Waals surface area contributed by atoms with E-state index in [1.54, 1.807) is 0 Å². The van der Waals surface area contributed by atoms with Gasteiger partial charge in [-0.05, 0) is 32.1 Å². The molecule has 1 saturated carbocycles. The molecule has 0 amide bonds. The monoisotopic (exact) mass is 252 g/mol. The minimum Gasteiger partial charge on any atom is -0.481 e. The lowest BCUT2D eigenvalue weighted by molar-refractivity contribution is -0.145. The van der Waals surface area contributed by atoms with Gasteiger partial charge in [-0.3, -0.25) is 14.6 Å². The molecule has 18 heavy (non-hydrogen) atoms. The molecular weight excluding hydrogens is 228 g/mol. The fourth-order valence-corrected chi connectivity index (χ4v) is 3.57. The second kappa shape index (κ2) is 4.49. The van der Waals surface area contributed by atoms with Crippen molar-refractivity contribution in [3.63, 3.8) is 0 Å². The van der Waals surface area contributed by atoms with Crippen LogP contribution in [0.4, 0.5) is 0 Å². The maximum Gasteiger partial charge on any atom is 0.306 e. The summed E-state index contributed by atoms with van der Waals surface area (Å²) in [4.78, 5) is 16.1. The molecule has 2 saturated heterocycles. The highest BCUT2D eigenvalue weighted by molar-refractivity contribution is 5.70. The average Bonchev–Trinajstić information content (AvgIpc) is 3.01. The van der Waals surface area contributed by atoms with Gasteiger partial charge in [0.05, 0.1) is 5.92 Å². The lowest BCUT2D eigenvalue weighted by atomic mass is 9.85. The molecular formula is C14H24N2O2. The molecule has 0 aromatic heterocycles. The molecule has 1 aliphatic carbocycles. The first-order valence-electron chi connectivity index (χ1n) is 7.29. The Balaban J connectivity index is 1.49. The largest absolute Gasteiger partial charge is 0.481 e. The Morgan fingerprint density at radius 2 is 1.89 bits per heavy atom. The van der Waals surface area contributed by atoms with Gasteiger partial charge in [-0.15, -0.1) is 0 Å². The normalized spacial score (nSPS) is 36.6. The van der Waals surface area contributed by atoms with Crippen LogP contribution in [0.2, 0.25) is 0 Å². The first kappa shape index (κ1) is 12.4. The average molecular weight is 252 g/mol. The van der Waals surface area contributed by atoms with Crippen molar-refractivity contribution in [3.8, 4) is 0 Å². The Morgan fingerprint density at radius 1 is 1.22 bits per heavy atom. The lowest BCUT2D eigenvalue weighted by Crippen LogP contribution is -2.55. The zero-order chi connectivity index (χ0) is 12.9. The molecule has 3 rings (SSSR count). The molecule has 0 radical (unpaired) electrons. The standard InChI is InChI=1S/C14H24N2O2/c1-9-5-13(8-16(9)12-3-4-12)15-6-11(7-15)10(2)14(17)18/h9-13H,3-8H2,1-2H3,(H,17,18). The van der Waals surface area contributed by atoms with Gasteiger partial charge in [0.2, 0.25) is 0 Å². The van der Waals surface area contributed by atoms with Crippen LogP contribution in [0, 0.1) is 11.8 Å². The third kappa shape index (κ3) is 2.16. The van der Waals surface area contributed by atoms with E-state index < -0.39 is 5.97 Å². The van der Waals surface area contributed by atoms with E-state index in [9.17, 15) is 4.79 Å². The summed E-state index contributed by atoms with van der Waals surface area (Å²) in [7, 11) is 0. The molecule has 2 heterocycles. The van der Waals surface area contributed by atoms with Crippen molar-refractivity contribution < 1.29 is 9.90 Å². The molecule has 3 unspecified atom stereocenters. The van der Waals surface area contributed by atoms with Crippen molar-refractivity contribution in [2.75, 3.05) is 19.6 Å². The summed E-state index contributed by atoms with van der Waals surface area (Å²) >= 11 is 0. The van der Waals surface area contributed by atoms with E-state index in [1.807, 2.05) is 6.92 Å². The summed E-state index contributed by atoms with van der Waals surface area (Å²) in [5.74, 6) is -0.452. The van der Waals surface area contributed by atoms with E-state index in [-0.39, 0.29) is 5.92 Å². The van der Waals surface area contributed by atoms with Crippen molar-refractivity contribution in [1.82, 2.24) is 9.80 Å². The molecule has 4 nitrogen and oxygen atoms in total. The van der Waals surface area contributed by atoms with Gasteiger partial charge in [0, 0.05) is 37.8 Å². The molecule has 0 aromatic carbocycles. The van der Waals surface area contributed by atoms with Crippen LogP contribution in [0.5, 0.6) is 0 Å². The van der Waals surface area contributed by atoms with Gasteiger partial charge in [-0.2, -0.15) is 0 Å². The molecule has 1 N–H and O–H groups in total. The number of carbonyl (C=O) groups is 1. The van der Waals surface area contributed by atoms with E-state index in [0.29, 0.717) is 12.0 Å². The van der Waals surface area contributed by atoms with Crippen LogP contribution in [0.25, 0.3) is 0 Å². The van der Waals surface area contributed by atoms with Gasteiger partial charge in [0.15, 0.2) is 0 Å². The lowest BCUT2D eigenvalue weighted by Gasteiger charge is -2.44. The van der Waals surface area contributed by atoms with E-state index >= 15 is 0 Å². The molecule has 0 aromatic rings. The third-order valence-electron chi connectivity index (χ3n) is 5.17. The second-order valence-corrected chi connectivity index (χ2v) is 6.51. The van der Waals surface area contributed by atoms with Crippen molar-refractivity contribution in [3.05, 3.63) is 0 Å². The fourth-order valence-electron chi connectivity index (χ4n) is 3.57. The van der Waals surface area contributed by atoms with E-state index in [4.69, 9.17) is 5.11 Å². The summed E-state index contributed by atoms with van der Waals surface area (Å²) in [6.45, 7) is 7.38. The second-order valence-electron chi connectivity index (χ2n) is 6.51. The Hall–Kier alpha value is -0.610. The van der Waals surface area contributed by atoms with Crippen LogP contribution in [-0.4, -0.2) is 58.6 Å². The fraction of sp³-hybridized carbons (Fsp3) is 0.929. The highest BCUT2D eigenvalue weighted by Crippen LogP contribution is 2.37. The van der Waals surface area contributed by atoms with Crippen LogP contribution in [0.1, 0.15) is 33.1 Å². The smallest absolute Gasteiger partial charge is 0.306 e. The Labute approximate surface area is 109 Å². The summed E-state index contributed by atoms with van der Waals surface area (Å²) < 4.78 is 0. The Morgan fingerprint density at radius 3 is 2.44 bits per heavy atom. The van der Waals surface area contributed by atoms with Crippen molar-refractivity contribution in [2.24, 2.45) is 11.8 Å². The third-order valence-corrected chi connectivity index (χ3v) is 5.17. The predicted octanol–water partition coefficient (Wildman–Crippen LogP) is 1.26. The summed E-state index contributed by atoms with van der Waals surface area (Å²) in [5.41, 5.74) is 0. The SMILES string of the molecule is CC(C(=O)O)C1CN(C2CC(C)N(C3CC3)C2)C1. The zero-order valence-corrected chi connectivity index (χ0v) is 11.4. The van der Waals surface area contributed by atoms with Gasteiger partial charge in [0.25, 0.3) is 0 Å². The van der Waals surface area contributed by atoms with Crippen LogP contribution < -0.4 is 0 Å². The number of likely N-dealkylation sites (tertiary alicyclic amines) is 2. The van der Waals surface area contributed by atoms with Crippen LogP contribution in [0.3, 0.4) is 0 Å². The molecule has 3 aliphatic rings. The molecule has 3 atom stereocenters.